The average molecular weight is 351 g/mol. The van der Waals surface area contributed by atoms with E-state index in [9.17, 15) is 27.1 Å². The Bertz CT molecular complexity index is 786. The van der Waals surface area contributed by atoms with Crippen LogP contribution in [0.25, 0.3) is 11.5 Å². The summed E-state index contributed by atoms with van der Waals surface area (Å²) < 4.78 is 68.9. The molecule has 0 spiro atoms. The fourth-order valence-corrected chi connectivity index (χ4v) is 2.80. The summed E-state index contributed by atoms with van der Waals surface area (Å²) in [5.74, 6) is -4.44. The van der Waals surface area contributed by atoms with E-state index in [1.807, 2.05) is 0 Å². The van der Waals surface area contributed by atoms with Gasteiger partial charge in [-0.05, 0) is 13.8 Å². The van der Waals surface area contributed by atoms with Crippen LogP contribution in [-0.4, -0.2) is 35.6 Å². The number of nitrogens with zero attached hydrogens (tertiary/aromatic N) is 5. The zero-order valence-corrected chi connectivity index (χ0v) is 12.9. The van der Waals surface area contributed by atoms with Gasteiger partial charge in [-0.3, -0.25) is 0 Å². The van der Waals surface area contributed by atoms with Gasteiger partial charge in [-0.25, -0.2) is 4.98 Å². The first-order valence-corrected chi connectivity index (χ1v) is 7.04. The van der Waals surface area contributed by atoms with Crippen molar-refractivity contribution >= 4 is 0 Å². The predicted octanol–water partition coefficient (Wildman–Crippen LogP) is 2.60. The molecule has 2 aromatic heterocycles. The predicted molar refractivity (Wildman–Crippen MR) is 71.1 cm³/mol. The van der Waals surface area contributed by atoms with E-state index >= 15 is 0 Å². The maximum absolute atomic E-state index is 13.6. The highest BCUT2D eigenvalue weighted by atomic mass is 19.4. The number of halogens is 5. The van der Waals surface area contributed by atoms with Gasteiger partial charge in [0.15, 0.2) is 11.6 Å². The van der Waals surface area contributed by atoms with E-state index in [1.54, 1.807) is 6.92 Å². The molecule has 0 saturated carbocycles. The molecule has 6 nitrogen and oxygen atoms in total. The molecule has 132 valence electrons. The summed E-state index contributed by atoms with van der Waals surface area (Å²) in [5, 5.41) is 17.0. The lowest BCUT2D eigenvalue weighted by Gasteiger charge is -2.31. The molecule has 0 fully saturated rings. The minimum Gasteiger partial charge on any atom is -0.374 e. The largest absolute Gasteiger partial charge is 0.424 e. The molecule has 2 atom stereocenters. The van der Waals surface area contributed by atoms with Gasteiger partial charge in [0.25, 0.3) is 0 Å². The normalized spacial score (nSPS) is 20.5. The Hall–Kier alpha value is -2.04. The van der Waals surface area contributed by atoms with E-state index in [0.29, 0.717) is 13.8 Å². The summed E-state index contributed by atoms with van der Waals surface area (Å²) in [5.41, 5.74) is -3.09. The number of fused-ring (bicyclic) bond motifs is 3. The quantitative estimate of drug-likeness (QED) is 0.845. The highest BCUT2D eigenvalue weighted by Gasteiger charge is 2.55. The van der Waals surface area contributed by atoms with E-state index in [4.69, 9.17) is 0 Å². The van der Waals surface area contributed by atoms with Gasteiger partial charge in [0.1, 0.15) is 5.69 Å². The minimum atomic E-state index is -4.94. The summed E-state index contributed by atoms with van der Waals surface area (Å²) in [6.45, 7) is 2.74. The molecular formula is C13H14F5N5O. The van der Waals surface area contributed by atoms with Gasteiger partial charge in [0.2, 0.25) is 11.4 Å². The van der Waals surface area contributed by atoms with Crippen LogP contribution >= 0.6 is 0 Å². The number of aliphatic hydroxyl groups is 1. The number of rotatable bonds is 2. The Morgan fingerprint density at radius 1 is 1.12 bits per heavy atom. The van der Waals surface area contributed by atoms with Gasteiger partial charge in [-0.1, -0.05) is 0 Å². The highest BCUT2D eigenvalue weighted by molar-refractivity contribution is 5.52. The third-order valence-electron chi connectivity index (χ3n) is 4.04. The van der Waals surface area contributed by atoms with Crippen LogP contribution in [0.4, 0.5) is 22.0 Å². The SMILES string of the molecule is C[C@H]1Cn2c(nnc2C(C)(F)F)-c2cnc(C(C)(O)C(F)(F)F)n21. The molecule has 0 aromatic carbocycles. The second-order valence-electron chi connectivity index (χ2n) is 6.10. The highest BCUT2D eigenvalue weighted by Crippen LogP contribution is 2.42. The van der Waals surface area contributed by atoms with E-state index in [0.717, 1.165) is 15.3 Å². The van der Waals surface area contributed by atoms with Crippen molar-refractivity contribution < 1.29 is 27.1 Å². The Kier molecular flexibility index (Phi) is 3.32. The van der Waals surface area contributed by atoms with Crippen molar-refractivity contribution in [3.63, 3.8) is 0 Å². The first-order chi connectivity index (χ1) is 10.9. The molecule has 1 unspecified atom stereocenters. The van der Waals surface area contributed by atoms with E-state index in [-0.39, 0.29) is 18.1 Å². The van der Waals surface area contributed by atoms with E-state index < -0.39 is 35.4 Å². The zero-order chi connectivity index (χ0) is 18.1. The lowest BCUT2D eigenvalue weighted by molar-refractivity contribution is -0.262. The molecular weight excluding hydrogens is 337 g/mol. The molecule has 0 saturated heterocycles. The Labute approximate surface area is 132 Å². The lowest BCUT2D eigenvalue weighted by Crippen LogP contribution is -2.42. The second kappa shape index (κ2) is 4.74. The van der Waals surface area contributed by atoms with Gasteiger partial charge in [-0.15, -0.1) is 10.2 Å². The zero-order valence-electron chi connectivity index (χ0n) is 12.9. The number of aromatic nitrogens is 5. The summed E-state index contributed by atoms with van der Waals surface area (Å²) >= 11 is 0. The van der Waals surface area contributed by atoms with E-state index in [2.05, 4.69) is 15.2 Å². The summed E-state index contributed by atoms with van der Waals surface area (Å²) in [6.07, 6.45) is -3.87. The lowest BCUT2D eigenvalue weighted by atomic mass is 10.0. The maximum atomic E-state index is 13.6. The molecule has 0 bridgehead atoms. The molecule has 1 aliphatic heterocycles. The van der Waals surface area contributed by atoms with Crippen molar-refractivity contribution in [1.82, 2.24) is 24.3 Å². The Morgan fingerprint density at radius 2 is 1.75 bits per heavy atom. The third-order valence-corrected chi connectivity index (χ3v) is 4.04. The first-order valence-electron chi connectivity index (χ1n) is 7.04. The maximum Gasteiger partial charge on any atom is 0.424 e. The molecule has 3 rings (SSSR count). The molecule has 3 heterocycles. The molecule has 24 heavy (non-hydrogen) atoms. The van der Waals surface area contributed by atoms with Crippen LogP contribution in [0, 0.1) is 0 Å². The van der Waals surface area contributed by atoms with Crippen molar-refractivity contribution in [2.24, 2.45) is 0 Å². The van der Waals surface area contributed by atoms with Gasteiger partial charge in [0.05, 0.1) is 12.2 Å². The number of alkyl halides is 5. The van der Waals surface area contributed by atoms with E-state index in [1.165, 1.54) is 0 Å². The molecule has 0 radical (unpaired) electrons. The Balaban J connectivity index is 2.19. The molecule has 2 aromatic rings. The van der Waals surface area contributed by atoms with Crippen LogP contribution in [0.1, 0.15) is 38.5 Å². The average Bonchev–Trinajstić information content (AvgIpc) is 2.99. The van der Waals surface area contributed by atoms with Crippen molar-refractivity contribution in [1.29, 1.82) is 0 Å². The van der Waals surface area contributed by atoms with Gasteiger partial charge >= 0.3 is 12.1 Å². The van der Waals surface area contributed by atoms with Crippen molar-refractivity contribution in [2.75, 3.05) is 0 Å². The Morgan fingerprint density at radius 3 is 2.29 bits per heavy atom. The van der Waals surface area contributed by atoms with Gasteiger partial charge < -0.3 is 14.2 Å². The molecule has 0 aliphatic carbocycles. The van der Waals surface area contributed by atoms with Crippen LogP contribution in [0.2, 0.25) is 0 Å². The van der Waals surface area contributed by atoms with Crippen LogP contribution in [0.3, 0.4) is 0 Å². The monoisotopic (exact) mass is 351 g/mol. The molecule has 11 heteroatoms. The molecule has 0 amide bonds. The van der Waals surface area contributed by atoms with Crippen molar-refractivity contribution in [3.05, 3.63) is 17.8 Å². The van der Waals surface area contributed by atoms with Crippen LogP contribution in [0.15, 0.2) is 6.20 Å². The van der Waals surface area contributed by atoms with Gasteiger partial charge in [-0.2, -0.15) is 22.0 Å². The van der Waals surface area contributed by atoms with Crippen LogP contribution in [0.5, 0.6) is 0 Å². The summed E-state index contributed by atoms with van der Waals surface area (Å²) in [7, 11) is 0. The third kappa shape index (κ3) is 2.21. The van der Waals surface area contributed by atoms with Crippen molar-refractivity contribution in [3.8, 4) is 11.5 Å². The van der Waals surface area contributed by atoms with Crippen LogP contribution < -0.4 is 0 Å². The van der Waals surface area contributed by atoms with Gasteiger partial charge in [0, 0.05) is 13.5 Å². The smallest absolute Gasteiger partial charge is 0.374 e. The van der Waals surface area contributed by atoms with Crippen molar-refractivity contribution in [2.45, 2.75) is 51.1 Å². The first kappa shape index (κ1) is 16.8. The summed E-state index contributed by atoms with van der Waals surface area (Å²) in [6, 6.07) is -0.657. The number of imidazole rings is 1. The molecule has 1 aliphatic rings. The minimum absolute atomic E-state index is 0.0126. The summed E-state index contributed by atoms with van der Waals surface area (Å²) in [4.78, 5) is 3.68. The fraction of sp³-hybridized carbons (Fsp3) is 0.615. The topological polar surface area (TPSA) is 68.8 Å². The number of hydrogen-bond donors (Lipinski definition) is 1. The molecule has 1 N–H and O–H groups in total. The second-order valence-corrected chi connectivity index (χ2v) is 6.10. The standard InChI is InChI=1S/C13H14F5N5O/c1-6-5-22-8(20-21-10(22)12(3,14)15)7-4-19-9(23(6)7)11(2,24)13(16,17)18/h4,6,24H,5H2,1-3H3/t6-,11?/m0/s1. The van der Waals surface area contributed by atoms with Crippen LogP contribution in [-0.2, 0) is 18.1 Å². The number of hydrogen-bond acceptors (Lipinski definition) is 4. The fourth-order valence-electron chi connectivity index (χ4n) is 2.80.